The van der Waals surface area contributed by atoms with Gasteiger partial charge in [0.1, 0.15) is 4.75 Å². The van der Waals surface area contributed by atoms with Crippen LogP contribution in [0.25, 0.3) is 0 Å². The Kier molecular flexibility index (Phi) is 4.37. The molecule has 1 amide bonds. The summed E-state index contributed by atoms with van der Waals surface area (Å²) in [4.78, 5) is 11.8. The van der Waals surface area contributed by atoms with Crippen LogP contribution >= 0.6 is 11.3 Å². The summed E-state index contributed by atoms with van der Waals surface area (Å²) in [5.41, 5.74) is 5.64. The predicted octanol–water partition coefficient (Wildman–Crippen LogP) is 1.40. The molecule has 0 fully saturated rings. The highest BCUT2D eigenvalue weighted by molar-refractivity contribution is 7.90. The van der Waals surface area contributed by atoms with Crippen LogP contribution in [0.4, 0.5) is 0 Å². The van der Waals surface area contributed by atoms with Crippen molar-refractivity contribution in [1.29, 1.82) is 0 Å². The Hall–Kier alpha value is -0.560. The third-order valence-electron chi connectivity index (χ3n) is 1.87. The molecule has 0 spiro atoms. The first-order valence-electron chi connectivity index (χ1n) is 4.83. The van der Waals surface area contributed by atoms with E-state index in [1.165, 1.54) is 11.3 Å². The molecule has 1 aromatic rings. The number of hydrogen-bond donors (Lipinski definition) is 2. The van der Waals surface area contributed by atoms with Gasteiger partial charge in [0.2, 0.25) is 5.91 Å². The van der Waals surface area contributed by atoms with Gasteiger partial charge in [-0.1, -0.05) is 0 Å². The Morgan fingerprint density at radius 1 is 1.62 bits per heavy atom. The van der Waals surface area contributed by atoms with Gasteiger partial charge in [-0.15, -0.1) is 16.1 Å². The fourth-order valence-corrected chi connectivity index (χ4v) is 2.58. The molecule has 90 valence electrons. The topological polar surface area (TPSA) is 78.2 Å². The molecule has 4 nitrogen and oxygen atoms in total. The second-order valence-corrected chi connectivity index (χ2v) is 7.41. The highest BCUT2D eigenvalue weighted by Crippen LogP contribution is 2.17. The summed E-state index contributed by atoms with van der Waals surface area (Å²) in [6, 6.07) is 1.72. The molecule has 1 heterocycles. The van der Waals surface area contributed by atoms with Gasteiger partial charge in [-0.2, -0.15) is 0 Å². The SMILES string of the molecule is CC(C)(C)[S+]([O-])NCc1cc(C(N)=O)cs1. The van der Waals surface area contributed by atoms with Gasteiger partial charge in [-0.3, -0.25) is 4.79 Å². The maximum Gasteiger partial charge on any atom is 0.249 e. The minimum absolute atomic E-state index is 0.288. The number of amides is 1. The summed E-state index contributed by atoms with van der Waals surface area (Å²) in [6.07, 6.45) is 0. The van der Waals surface area contributed by atoms with Crippen LogP contribution in [-0.4, -0.2) is 15.2 Å². The number of nitrogens with one attached hydrogen (secondary N) is 1. The van der Waals surface area contributed by atoms with Gasteiger partial charge in [0.25, 0.3) is 0 Å². The molecule has 1 aromatic heterocycles. The zero-order chi connectivity index (χ0) is 12.3. The number of primary amides is 1. The molecular formula is C10H16N2O2S2. The molecule has 1 atom stereocenters. The third-order valence-corrected chi connectivity index (χ3v) is 4.33. The van der Waals surface area contributed by atoms with Crippen LogP contribution in [-0.2, 0) is 17.9 Å². The van der Waals surface area contributed by atoms with E-state index in [-0.39, 0.29) is 4.75 Å². The van der Waals surface area contributed by atoms with Crippen molar-refractivity contribution in [1.82, 2.24) is 4.72 Å². The van der Waals surface area contributed by atoms with Crippen LogP contribution in [0.2, 0.25) is 0 Å². The van der Waals surface area contributed by atoms with E-state index in [1.54, 1.807) is 11.4 Å². The lowest BCUT2D eigenvalue weighted by molar-refractivity contribution is 0.100. The van der Waals surface area contributed by atoms with Crippen LogP contribution in [0.3, 0.4) is 0 Å². The molecule has 0 saturated heterocycles. The Labute approximate surface area is 103 Å². The quantitative estimate of drug-likeness (QED) is 0.803. The number of carbonyl (C=O) groups is 1. The van der Waals surface area contributed by atoms with Crippen molar-refractivity contribution in [2.45, 2.75) is 32.1 Å². The molecule has 1 rings (SSSR count). The lowest BCUT2D eigenvalue weighted by atomic mass is 10.3. The summed E-state index contributed by atoms with van der Waals surface area (Å²) in [6.45, 7) is 6.19. The van der Waals surface area contributed by atoms with E-state index in [1.807, 2.05) is 20.8 Å². The summed E-state index contributed by atoms with van der Waals surface area (Å²) in [5, 5.41) is 1.71. The Morgan fingerprint density at radius 3 is 2.69 bits per heavy atom. The van der Waals surface area contributed by atoms with Crippen molar-refractivity contribution in [3.05, 3.63) is 21.9 Å². The van der Waals surface area contributed by atoms with E-state index in [4.69, 9.17) is 5.73 Å². The molecule has 0 radical (unpaired) electrons. The van der Waals surface area contributed by atoms with Crippen molar-refractivity contribution < 1.29 is 9.35 Å². The second-order valence-electron chi connectivity index (χ2n) is 4.37. The average molecular weight is 260 g/mol. The third kappa shape index (κ3) is 3.79. The molecule has 3 N–H and O–H groups in total. The highest BCUT2D eigenvalue weighted by atomic mass is 32.2. The van der Waals surface area contributed by atoms with Crippen LogP contribution < -0.4 is 10.5 Å². The molecule has 0 aliphatic carbocycles. The van der Waals surface area contributed by atoms with E-state index in [9.17, 15) is 9.35 Å². The van der Waals surface area contributed by atoms with Gasteiger partial charge in [-0.05, 0) is 26.8 Å². The van der Waals surface area contributed by atoms with Crippen molar-refractivity contribution in [2.75, 3.05) is 0 Å². The van der Waals surface area contributed by atoms with Gasteiger partial charge in [-0.25, -0.2) is 0 Å². The molecule has 0 aliphatic rings. The Balaban J connectivity index is 2.52. The number of carbonyl (C=O) groups excluding carboxylic acids is 1. The first-order valence-corrected chi connectivity index (χ1v) is 6.86. The molecule has 16 heavy (non-hydrogen) atoms. The molecule has 0 saturated carbocycles. The van der Waals surface area contributed by atoms with E-state index in [0.717, 1.165) is 4.88 Å². The maximum atomic E-state index is 11.7. The van der Waals surface area contributed by atoms with Gasteiger partial charge in [0.15, 0.2) is 0 Å². The fraction of sp³-hybridized carbons (Fsp3) is 0.500. The second kappa shape index (κ2) is 5.18. The minimum atomic E-state index is -1.10. The lowest BCUT2D eigenvalue weighted by Crippen LogP contribution is -2.38. The van der Waals surface area contributed by atoms with Crippen LogP contribution in [0.5, 0.6) is 0 Å². The molecule has 0 bridgehead atoms. The van der Waals surface area contributed by atoms with Crippen molar-refractivity contribution >= 4 is 28.6 Å². The zero-order valence-electron chi connectivity index (χ0n) is 9.57. The molecule has 6 heteroatoms. The Bertz CT molecular complexity index is 371. The monoisotopic (exact) mass is 260 g/mol. The molecule has 0 aliphatic heterocycles. The van der Waals surface area contributed by atoms with Crippen molar-refractivity contribution in [2.24, 2.45) is 5.73 Å². The summed E-state index contributed by atoms with van der Waals surface area (Å²) < 4.78 is 14.3. The van der Waals surface area contributed by atoms with E-state index in [2.05, 4.69) is 4.72 Å². The average Bonchev–Trinajstić information content (AvgIpc) is 2.60. The standard InChI is InChI=1S/C10H16N2O2S2/c1-10(2,3)16(14)12-5-8-4-7(6-15-8)9(11)13/h4,6,12H,5H2,1-3H3,(H2,11,13). The largest absolute Gasteiger partial charge is 0.598 e. The smallest absolute Gasteiger partial charge is 0.249 e. The van der Waals surface area contributed by atoms with Crippen molar-refractivity contribution in [3.63, 3.8) is 0 Å². The number of nitrogens with two attached hydrogens (primary N) is 1. The van der Waals surface area contributed by atoms with E-state index in [0.29, 0.717) is 12.1 Å². The van der Waals surface area contributed by atoms with Gasteiger partial charge < -0.3 is 10.3 Å². The van der Waals surface area contributed by atoms with E-state index >= 15 is 0 Å². The summed E-state index contributed by atoms with van der Waals surface area (Å²) >= 11 is 0.334. The highest BCUT2D eigenvalue weighted by Gasteiger charge is 2.26. The van der Waals surface area contributed by atoms with Crippen LogP contribution in [0.1, 0.15) is 36.0 Å². The normalized spacial score (nSPS) is 13.8. The fourth-order valence-electron chi connectivity index (χ4n) is 0.956. The molecule has 1 unspecified atom stereocenters. The molecular weight excluding hydrogens is 244 g/mol. The number of rotatable bonds is 4. The summed E-state index contributed by atoms with van der Waals surface area (Å²) in [7, 11) is 0. The van der Waals surface area contributed by atoms with Crippen LogP contribution in [0, 0.1) is 0 Å². The van der Waals surface area contributed by atoms with E-state index < -0.39 is 17.3 Å². The lowest BCUT2D eigenvalue weighted by Gasteiger charge is -2.23. The summed E-state index contributed by atoms with van der Waals surface area (Å²) in [5.74, 6) is -0.431. The first kappa shape index (κ1) is 13.5. The first-order chi connectivity index (χ1) is 7.30. The minimum Gasteiger partial charge on any atom is -0.598 e. The van der Waals surface area contributed by atoms with Gasteiger partial charge in [0, 0.05) is 21.6 Å². The van der Waals surface area contributed by atoms with Crippen LogP contribution in [0.15, 0.2) is 11.4 Å². The zero-order valence-corrected chi connectivity index (χ0v) is 11.2. The van der Waals surface area contributed by atoms with Crippen molar-refractivity contribution in [3.8, 4) is 0 Å². The number of hydrogen-bond acceptors (Lipinski definition) is 4. The maximum absolute atomic E-state index is 11.7. The number of thiophene rings is 1. The van der Waals surface area contributed by atoms with Gasteiger partial charge >= 0.3 is 0 Å². The molecule has 0 aromatic carbocycles. The predicted molar refractivity (Wildman–Crippen MR) is 67.6 cm³/mol. The van der Waals surface area contributed by atoms with Gasteiger partial charge in [0.05, 0.1) is 12.1 Å². The Morgan fingerprint density at radius 2 is 2.25 bits per heavy atom.